The fourth-order valence-corrected chi connectivity index (χ4v) is 2.36. The molecule has 0 N–H and O–H groups in total. The lowest BCUT2D eigenvalue weighted by molar-refractivity contribution is 0.0992. The topological polar surface area (TPSA) is 17.1 Å². The molecule has 0 fully saturated rings. The van der Waals surface area contributed by atoms with E-state index < -0.39 is 0 Å². The zero-order valence-corrected chi connectivity index (χ0v) is 12.2. The summed E-state index contributed by atoms with van der Waals surface area (Å²) in [5.41, 5.74) is 5.21. The Balaban J connectivity index is 2.23. The molecule has 0 saturated heterocycles. The van der Waals surface area contributed by atoms with Crippen LogP contribution in [0.25, 0.3) is 0 Å². The first kappa shape index (κ1) is 13.8. The summed E-state index contributed by atoms with van der Waals surface area (Å²) in [6.45, 7) is 6.06. The van der Waals surface area contributed by atoms with Gasteiger partial charge in [0.2, 0.25) is 0 Å². The molecule has 98 valence electrons. The molecule has 0 unspecified atom stereocenters. The van der Waals surface area contributed by atoms with Crippen molar-refractivity contribution < 1.29 is 4.79 Å². The maximum Gasteiger partial charge on any atom is 0.167 e. The van der Waals surface area contributed by atoms with Crippen LogP contribution in [0.4, 0.5) is 0 Å². The molecule has 1 nitrogen and oxygen atoms in total. The van der Waals surface area contributed by atoms with E-state index in [1.54, 1.807) is 12.1 Å². The summed E-state index contributed by atoms with van der Waals surface area (Å²) in [5, 5.41) is 0.667. The molecular formula is C17H17ClO. The lowest BCUT2D eigenvalue weighted by Gasteiger charge is -2.07. The molecule has 0 aliphatic carbocycles. The second-order valence-corrected chi connectivity index (χ2v) is 5.41. The fraction of sp³-hybridized carbons (Fsp3) is 0.235. The standard InChI is InChI=1S/C17H17ClO/c1-11-4-5-14(8-12(11)2)10-17(19)16-7-6-15(18)9-13(16)3/h4-9H,10H2,1-3H3. The number of aryl methyl sites for hydroxylation is 3. The maximum absolute atomic E-state index is 12.3. The van der Waals surface area contributed by atoms with Gasteiger partial charge in [-0.25, -0.2) is 0 Å². The highest BCUT2D eigenvalue weighted by Gasteiger charge is 2.10. The molecule has 19 heavy (non-hydrogen) atoms. The van der Waals surface area contributed by atoms with E-state index in [2.05, 4.69) is 26.0 Å². The van der Waals surface area contributed by atoms with E-state index in [9.17, 15) is 4.79 Å². The molecule has 2 rings (SSSR count). The van der Waals surface area contributed by atoms with Gasteiger partial charge in [-0.1, -0.05) is 29.8 Å². The van der Waals surface area contributed by atoms with E-state index >= 15 is 0 Å². The Morgan fingerprint density at radius 1 is 0.947 bits per heavy atom. The van der Waals surface area contributed by atoms with Gasteiger partial charge in [-0.2, -0.15) is 0 Å². The van der Waals surface area contributed by atoms with Crippen LogP contribution < -0.4 is 0 Å². The van der Waals surface area contributed by atoms with E-state index in [4.69, 9.17) is 11.6 Å². The van der Waals surface area contributed by atoms with Gasteiger partial charge >= 0.3 is 0 Å². The zero-order chi connectivity index (χ0) is 14.0. The van der Waals surface area contributed by atoms with E-state index in [0.29, 0.717) is 11.4 Å². The van der Waals surface area contributed by atoms with Crippen LogP contribution in [-0.2, 0) is 6.42 Å². The van der Waals surface area contributed by atoms with E-state index in [1.165, 1.54) is 11.1 Å². The number of benzene rings is 2. The smallest absolute Gasteiger partial charge is 0.167 e. The number of hydrogen-bond acceptors (Lipinski definition) is 1. The third-order valence-corrected chi connectivity index (χ3v) is 3.66. The summed E-state index contributed by atoms with van der Waals surface area (Å²) in [4.78, 5) is 12.3. The Bertz CT molecular complexity index is 629. The molecule has 2 aromatic carbocycles. The van der Waals surface area contributed by atoms with Crippen molar-refractivity contribution in [3.8, 4) is 0 Å². The summed E-state index contributed by atoms with van der Waals surface area (Å²) in [5.74, 6) is 0.136. The molecule has 0 aliphatic heterocycles. The van der Waals surface area contributed by atoms with Crippen molar-refractivity contribution in [1.82, 2.24) is 0 Å². The molecular weight excluding hydrogens is 256 g/mol. The first-order valence-corrected chi connectivity index (χ1v) is 6.70. The molecule has 0 aliphatic rings. The summed E-state index contributed by atoms with van der Waals surface area (Å²) < 4.78 is 0. The molecule has 0 amide bonds. The lowest BCUT2D eigenvalue weighted by atomic mass is 9.97. The summed E-state index contributed by atoms with van der Waals surface area (Å²) in [6, 6.07) is 11.6. The zero-order valence-electron chi connectivity index (χ0n) is 11.5. The van der Waals surface area contributed by atoms with Crippen LogP contribution in [0.1, 0.15) is 32.6 Å². The highest BCUT2D eigenvalue weighted by atomic mass is 35.5. The monoisotopic (exact) mass is 272 g/mol. The number of ketones is 1. The van der Waals surface area contributed by atoms with E-state index in [-0.39, 0.29) is 5.78 Å². The minimum Gasteiger partial charge on any atom is -0.294 e. The van der Waals surface area contributed by atoms with Gasteiger partial charge in [0.1, 0.15) is 0 Å². The van der Waals surface area contributed by atoms with Gasteiger partial charge in [-0.05, 0) is 61.2 Å². The predicted octanol–water partition coefficient (Wildman–Crippen LogP) is 4.69. The van der Waals surface area contributed by atoms with Crippen molar-refractivity contribution in [3.05, 3.63) is 69.2 Å². The van der Waals surface area contributed by atoms with Crippen LogP contribution in [0.3, 0.4) is 0 Å². The molecule has 0 spiro atoms. The molecule has 2 heteroatoms. The van der Waals surface area contributed by atoms with Gasteiger partial charge in [-0.3, -0.25) is 4.79 Å². The van der Waals surface area contributed by atoms with Crippen molar-refractivity contribution in [2.45, 2.75) is 27.2 Å². The minimum atomic E-state index is 0.136. The van der Waals surface area contributed by atoms with Crippen molar-refractivity contribution >= 4 is 17.4 Å². The molecule has 0 atom stereocenters. The Morgan fingerprint density at radius 2 is 1.68 bits per heavy atom. The van der Waals surface area contributed by atoms with E-state index in [0.717, 1.165) is 16.7 Å². The van der Waals surface area contributed by atoms with Gasteiger partial charge in [0.05, 0.1) is 0 Å². The SMILES string of the molecule is Cc1ccc(CC(=O)c2ccc(Cl)cc2C)cc1C. The van der Waals surface area contributed by atoms with Gasteiger partial charge in [0, 0.05) is 17.0 Å². The lowest BCUT2D eigenvalue weighted by Crippen LogP contribution is -2.06. The summed E-state index contributed by atoms with van der Waals surface area (Å²) >= 11 is 5.91. The van der Waals surface area contributed by atoms with Crippen LogP contribution in [0, 0.1) is 20.8 Å². The predicted molar refractivity (Wildman–Crippen MR) is 80.1 cm³/mol. The van der Waals surface area contributed by atoms with Gasteiger partial charge in [-0.15, -0.1) is 0 Å². The number of carbonyl (C=O) groups is 1. The van der Waals surface area contributed by atoms with Crippen LogP contribution in [0.15, 0.2) is 36.4 Å². The van der Waals surface area contributed by atoms with Crippen LogP contribution in [0.5, 0.6) is 0 Å². The minimum absolute atomic E-state index is 0.136. The van der Waals surface area contributed by atoms with Crippen LogP contribution in [0.2, 0.25) is 5.02 Å². The van der Waals surface area contributed by atoms with E-state index in [1.807, 2.05) is 19.1 Å². The molecule has 2 aromatic rings. The summed E-state index contributed by atoms with van der Waals surface area (Å²) in [7, 11) is 0. The number of Topliss-reactive ketones (excluding diaryl/α,β-unsaturated/α-hetero) is 1. The Kier molecular flexibility index (Phi) is 4.06. The normalized spacial score (nSPS) is 10.5. The highest BCUT2D eigenvalue weighted by Crippen LogP contribution is 2.18. The van der Waals surface area contributed by atoms with Crippen molar-refractivity contribution in [3.63, 3.8) is 0 Å². The molecule has 0 heterocycles. The number of hydrogen-bond donors (Lipinski definition) is 0. The number of rotatable bonds is 3. The van der Waals surface area contributed by atoms with Gasteiger partial charge in [0.15, 0.2) is 5.78 Å². The van der Waals surface area contributed by atoms with Crippen LogP contribution in [-0.4, -0.2) is 5.78 Å². The van der Waals surface area contributed by atoms with Gasteiger partial charge in [0.25, 0.3) is 0 Å². The Hall–Kier alpha value is -1.60. The second-order valence-electron chi connectivity index (χ2n) is 4.98. The summed E-state index contributed by atoms with van der Waals surface area (Å²) in [6.07, 6.45) is 0.434. The van der Waals surface area contributed by atoms with Crippen molar-refractivity contribution in [1.29, 1.82) is 0 Å². The highest BCUT2D eigenvalue weighted by molar-refractivity contribution is 6.30. The molecule has 0 bridgehead atoms. The third kappa shape index (κ3) is 3.24. The third-order valence-electron chi connectivity index (χ3n) is 3.42. The fourth-order valence-electron chi connectivity index (χ4n) is 2.13. The van der Waals surface area contributed by atoms with Crippen LogP contribution >= 0.6 is 11.6 Å². The molecule has 0 radical (unpaired) electrons. The van der Waals surface area contributed by atoms with Crippen molar-refractivity contribution in [2.75, 3.05) is 0 Å². The molecule has 0 aromatic heterocycles. The first-order chi connectivity index (χ1) is 8.97. The Morgan fingerprint density at radius 3 is 2.32 bits per heavy atom. The first-order valence-electron chi connectivity index (χ1n) is 6.33. The molecule has 0 saturated carbocycles. The average Bonchev–Trinajstić information content (AvgIpc) is 2.33. The maximum atomic E-state index is 12.3. The second kappa shape index (κ2) is 5.58. The Labute approximate surface area is 119 Å². The average molecular weight is 273 g/mol. The number of halogens is 1. The number of carbonyl (C=O) groups excluding carboxylic acids is 1. The van der Waals surface area contributed by atoms with Crippen molar-refractivity contribution in [2.24, 2.45) is 0 Å². The quantitative estimate of drug-likeness (QED) is 0.741. The van der Waals surface area contributed by atoms with Gasteiger partial charge < -0.3 is 0 Å². The largest absolute Gasteiger partial charge is 0.294 e.